The van der Waals surface area contributed by atoms with Gasteiger partial charge in [-0.15, -0.1) is 0 Å². The first-order valence-electron chi connectivity index (χ1n) is 5.06. The van der Waals surface area contributed by atoms with Crippen molar-refractivity contribution in [1.82, 2.24) is 5.32 Å². The van der Waals surface area contributed by atoms with Crippen LogP contribution < -0.4 is 5.32 Å². The van der Waals surface area contributed by atoms with E-state index in [1.54, 1.807) is 11.8 Å². The van der Waals surface area contributed by atoms with Gasteiger partial charge in [0.05, 0.1) is 6.07 Å². The molecule has 0 aliphatic carbocycles. The number of nitriles is 1. The number of carbonyl (C=O) groups is 1. The van der Waals surface area contributed by atoms with Crippen molar-refractivity contribution in [1.29, 1.82) is 5.26 Å². The zero-order valence-electron chi connectivity index (χ0n) is 10.1. The first-order chi connectivity index (χ1) is 6.84. The summed E-state index contributed by atoms with van der Waals surface area (Å²) in [6.07, 6.45) is 2.01. The summed E-state index contributed by atoms with van der Waals surface area (Å²) in [5.41, 5.74) is 0. The van der Waals surface area contributed by atoms with E-state index in [1.807, 2.05) is 26.2 Å². The van der Waals surface area contributed by atoms with Crippen LogP contribution in [0, 0.1) is 23.2 Å². The Bertz CT molecular complexity index is 256. The molecule has 0 aromatic heterocycles. The molecule has 0 radical (unpaired) electrons. The lowest BCUT2D eigenvalue weighted by Gasteiger charge is -2.23. The number of thioether (sulfide) groups is 1. The van der Waals surface area contributed by atoms with Gasteiger partial charge in [-0.2, -0.15) is 17.0 Å². The van der Waals surface area contributed by atoms with E-state index in [1.165, 1.54) is 0 Å². The predicted octanol–water partition coefficient (Wildman–Crippen LogP) is 2.04. The molecule has 0 aliphatic heterocycles. The van der Waals surface area contributed by atoms with Crippen LogP contribution in [0.1, 0.15) is 27.7 Å². The molecule has 0 spiro atoms. The van der Waals surface area contributed by atoms with E-state index in [-0.39, 0.29) is 16.6 Å². The van der Waals surface area contributed by atoms with Crippen molar-refractivity contribution in [2.24, 2.45) is 11.8 Å². The van der Waals surface area contributed by atoms with Crippen LogP contribution in [0.2, 0.25) is 0 Å². The number of carbonyl (C=O) groups excluding carboxylic acids is 1. The fourth-order valence-corrected chi connectivity index (χ4v) is 1.21. The van der Waals surface area contributed by atoms with Gasteiger partial charge in [0.25, 0.3) is 0 Å². The van der Waals surface area contributed by atoms with Gasteiger partial charge < -0.3 is 5.32 Å². The van der Waals surface area contributed by atoms with E-state index in [0.717, 1.165) is 0 Å². The van der Waals surface area contributed by atoms with Gasteiger partial charge in [-0.1, -0.05) is 13.8 Å². The Balaban J connectivity index is 4.21. The molecule has 1 amide bonds. The first kappa shape index (κ1) is 14.3. The van der Waals surface area contributed by atoms with Crippen molar-refractivity contribution in [2.45, 2.75) is 32.4 Å². The van der Waals surface area contributed by atoms with Crippen LogP contribution in [0.3, 0.4) is 0 Å². The van der Waals surface area contributed by atoms with Gasteiger partial charge in [0, 0.05) is 11.3 Å². The molecular formula is C11H20N2OS. The van der Waals surface area contributed by atoms with Crippen LogP contribution in [0.25, 0.3) is 0 Å². The van der Waals surface area contributed by atoms with E-state index in [2.05, 4.69) is 19.2 Å². The number of nitrogens with one attached hydrogen (secondary N) is 1. The summed E-state index contributed by atoms with van der Waals surface area (Å²) in [6.45, 7) is 8.49. The Labute approximate surface area is 96.6 Å². The average Bonchev–Trinajstić information content (AvgIpc) is 2.15. The topological polar surface area (TPSA) is 52.9 Å². The van der Waals surface area contributed by atoms with Gasteiger partial charge in [0.1, 0.15) is 5.92 Å². The fraction of sp³-hybridized carbons (Fsp3) is 0.818. The Kier molecular flexibility index (Phi) is 5.74. The highest BCUT2D eigenvalue weighted by Crippen LogP contribution is 2.20. The van der Waals surface area contributed by atoms with Gasteiger partial charge >= 0.3 is 0 Å². The molecule has 15 heavy (non-hydrogen) atoms. The Morgan fingerprint density at radius 3 is 2.40 bits per heavy atom. The zero-order valence-corrected chi connectivity index (χ0v) is 10.9. The molecule has 0 aromatic carbocycles. The van der Waals surface area contributed by atoms with Gasteiger partial charge in [-0.3, -0.25) is 4.79 Å². The van der Waals surface area contributed by atoms with Crippen molar-refractivity contribution < 1.29 is 4.79 Å². The van der Waals surface area contributed by atoms with Crippen molar-refractivity contribution >= 4 is 17.7 Å². The summed E-state index contributed by atoms with van der Waals surface area (Å²) in [5.74, 6) is -0.635. The highest BCUT2D eigenvalue weighted by molar-refractivity contribution is 7.99. The van der Waals surface area contributed by atoms with E-state index in [9.17, 15) is 4.79 Å². The van der Waals surface area contributed by atoms with Crippen LogP contribution in [0.4, 0.5) is 0 Å². The fourth-order valence-electron chi connectivity index (χ4n) is 0.993. The van der Waals surface area contributed by atoms with Crippen LogP contribution in [0.5, 0.6) is 0 Å². The van der Waals surface area contributed by atoms with Crippen LogP contribution in [0.15, 0.2) is 0 Å². The largest absolute Gasteiger partial charge is 0.354 e. The maximum atomic E-state index is 11.6. The molecule has 4 heteroatoms. The number of hydrogen-bond acceptors (Lipinski definition) is 3. The summed E-state index contributed by atoms with van der Waals surface area (Å²) in [7, 11) is 0. The minimum Gasteiger partial charge on any atom is -0.354 e. The van der Waals surface area contributed by atoms with Crippen molar-refractivity contribution in [2.75, 3.05) is 12.8 Å². The second-order valence-electron chi connectivity index (χ2n) is 4.53. The normalized spacial score (nSPS) is 13.4. The van der Waals surface area contributed by atoms with E-state index in [0.29, 0.717) is 6.54 Å². The highest BCUT2D eigenvalue weighted by atomic mass is 32.2. The number of amides is 1. The summed E-state index contributed by atoms with van der Waals surface area (Å²) >= 11 is 1.70. The molecule has 1 atom stereocenters. The van der Waals surface area contributed by atoms with Crippen molar-refractivity contribution in [3.8, 4) is 6.07 Å². The summed E-state index contributed by atoms with van der Waals surface area (Å²) in [5, 5.41) is 11.7. The van der Waals surface area contributed by atoms with E-state index in [4.69, 9.17) is 5.26 Å². The molecule has 0 saturated carbocycles. The molecule has 1 N–H and O–H groups in total. The molecule has 3 nitrogen and oxygen atoms in total. The lowest BCUT2D eigenvalue weighted by atomic mass is 9.96. The minimum atomic E-state index is -0.539. The van der Waals surface area contributed by atoms with Gasteiger partial charge in [0.2, 0.25) is 5.91 Å². The Hall–Kier alpha value is -0.690. The molecule has 0 heterocycles. The van der Waals surface area contributed by atoms with E-state index >= 15 is 0 Å². The van der Waals surface area contributed by atoms with Crippen LogP contribution in [-0.4, -0.2) is 23.5 Å². The second kappa shape index (κ2) is 6.02. The standard InChI is InChI=1S/C11H20N2OS/c1-8(2)9(6-12)10(14)13-7-11(3,4)15-5/h8-9H,7H2,1-5H3,(H,13,14). The average molecular weight is 228 g/mol. The number of hydrogen-bond donors (Lipinski definition) is 1. The molecule has 0 rings (SSSR count). The zero-order chi connectivity index (χ0) is 12.1. The Morgan fingerprint density at radius 1 is 1.53 bits per heavy atom. The smallest absolute Gasteiger partial charge is 0.237 e. The maximum absolute atomic E-state index is 11.6. The highest BCUT2D eigenvalue weighted by Gasteiger charge is 2.24. The SMILES string of the molecule is CSC(C)(C)CNC(=O)C(C#N)C(C)C. The lowest BCUT2D eigenvalue weighted by molar-refractivity contribution is -0.124. The van der Waals surface area contributed by atoms with Gasteiger partial charge in [-0.25, -0.2) is 0 Å². The lowest BCUT2D eigenvalue weighted by Crippen LogP contribution is -2.40. The number of nitrogens with zero attached hydrogens (tertiary/aromatic N) is 1. The molecule has 0 bridgehead atoms. The molecular weight excluding hydrogens is 208 g/mol. The predicted molar refractivity (Wildman–Crippen MR) is 64.5 cm³/mol. The molecule has 1 unspecified atom stereocenters. The molecule has 0 aromatic rings. The van der Waals surface area contributed by atoms with Crippen LogP contribution in [-0.2, 0) is 4.79 Å². The van der Waals surface area contributed by atoms with Gasteiger partial charge in [0.15, 0.2) is 0 Å². The third kappa shape index (κ3) is 5.08. The molecule has 0 aliphatic rings. The Morgan fingerprint density at radius 2 is 2.07 bits per heavy atom. The quantitative estimate of drug-likeness (QED) is 0.783. The second-order valence-corrected chi connectivity index (χ2v) is 6.05. The monoisotopic (exact) mass is 228 g/mol. The molecule has 0 fully saturated rings. The van der Waals surface area contributed by atoms with E-state index < -0.39 is 5.92 Å². The number of rotatable bonds is 5. The summed E-state index contributed by atoms with van der Waals surface area (Å²) in [6, 6.07) is 2.04. The summed E-state index contributed by atoms with van der Waals surface area (Å²) in [4.78, 5) is 11.6. The maximum Gasteiger partial charge on any atom is 0.237 e. The first-order valence-corrected chi connectivity index (χ1v) is 6.29. The third-order valence-corrected chi connectivity index (χ3v) is 3.58. The van der Waals surface area contributed by atoms with Gasteiger partial charge in [-0.05, 0) is 26.0 Å². The van der Waals surface area contributed by atoms with Crippen LogP contribution >= 0.6 is 11.8 Å². The molecule has 86 valence electrons. The summed E-state index contributed by atoms with van der Waals surface area (Å²) < 4.78 is 0.0205. The third-order valence-electron chi connectivity index (χ3n) is 2.33. The minimum absolute atomic E-state index is 0.0205. The van der Waals surface area contributed by atoms with Crippen molar-refractivity contribution in [3.05, 3.63) is 0 Å². The van der Waals surface area contributed by atoms with Crippen molar-refractivity contribution in [3.63, 3.8) is 0 Å². The molecule has 0 saturated heterocycles.